The third-order valence-electron chi connectivity index (χ3n) is 3.04. The average Bonchev–Trinajstić information content (AvgIpc) is 2.34. The summed E-state index contributed by atoms with van der Waals surface area (Å²) in [5.41, 5.74) is 0.385. The summed E-state index contributed by atoms with van der Waals surface area (Å²) in [6.07, 6.45) is 0.379. The molecule has 0 saturated carbocycles. The summed E-state index contributed by atoms with van der Waals surface area (Å²) < 4.78 is 47.1. The Hall–Kier alpha value is -1.54. The smallest absolute Gasteiger partial charge is 0.326 e. The molecular weight excluding hydrogens is 290 g/mol. The lowest BCUT2D eigenvalue weighted by Gasteiger charge is -2.26. The molecule has 2 N–H and O–H groups in total. The van der Waals surface area contributed by atoms with Crippen LogP contribution in [0.5, 0.6) is 0 Å². The predicted octanol–water partition coefficient (Wildman–Crippen LogP) is 1.23. The molecule has 5 nitrogen and oxygen atoms in total. The Morgan fingerprint density at radius 2 is 1.90 bits per heavy atom. The van der Waals surface area contributed by atoms with Crippen molar-refractivity contribution in [3.05, 3.63) is 24.3 Å². The standard InChI is InChI=1S/C12H14F2N2O3S/c13-12(14)20(18,19)10-3-1-9(2-4-10)16-11(17)5-8-6-15-7-8/h1-4,8,12,15H,5-7H2,(H,16,17). The van der Waals surface area contributed by atoms with Gasteiger partial charge in [0.2, 0.25) is 15.7 Å². The number of amides is 1. The molecule has 1 aliphatic rings. The van der Waals surface area contributed by atoms with Crippen LogP contribution < -0.4 is 10.6 Å². The van der Waals surface area contributed by atoms with Crippen LogP contribution in [0.4, 0.5) is 14.5 Å². The van der Waals surface area contributed by atoms with Gasteiger partial charge in [-0.15, -0.1) is 0 Å². The highest BCUT2D eigenvalue weighted by atomic mass is 32.2. The van der Waals surface area contributed by atoms with Gasteiger partial charge in [-0.2, -0.15) is 8.78 Å². The number of hydrogen-bond acceptors (Lipinski definition) is 4. The van der Waals surface area contributed by atoms with Crippen LogP contribution in [0.2, 0.25) is 0 Å². The van der Waals surface area contributed by atoms with E-state index < -0.39 is 20.5 Å². The molecule has 0 bridgehead atoms. The maximum Gasteiger partial charge on any atom is 0.341 e. The number of anilines is 1. The molecule has 0 aliphatic carbocycles. The van der Waals surface area contributed by atoms with Crippen molar-refractivity contribution in [3.63, 3.8) is 0 Å². The van der Waals surface area contributed by atoms with Crippen LogP contribution in [0.3, 0.4) is 0 Å². The number of hydrogen-bond donors (Lipinski definition) is 2. The number of halogens is 2. The van der Waals surface area contributed by atoms with Crippen LogP contribution in [0, 0.1) is 5.92 Å². The van der Waals surface area contributed by atoms with Crippen molar-refractivity contribution in [1.29, 1.82) is 0 Å². The lowest BCUT2D eigenvalue weighted by molar-refractivity contribution is -0.117. The zero-order valence-corrected chi connectivity index (χ0v) is 11.3. The summed E-state index contributed by atoms with van der Waals surface area (Å²) in [6, 6.07) is 4.71. The maximum absolute atomic E-state index is 12.3. The van der Waals surface area contributed by atoms with E-state index in [-0.39, 0.29) is 5.91 Å². The average molecular weight is 304 g/mol. The number of benzene rings is 1. The molecule has 1 fully saturated rings. The van der Waals surface area contributed by atoms with E-state index in [1.54, 1.807) is 0 Å². The van der Waals surface area contributed by atoms with Gasteiger partial charge in [0.05, 0.1) is 4.90 Å². The Morgan fingerprint density at radius 3 is 2.35 bits per heavy atom. The molecule has 0 spiro atoms. The van der Waals surface area contributed by atoms with Gasteiger partial charge >= 0.3 is 5.76 Å². The van der Waals surface area contributed by atoms with E-state index in [9.17, 15) is 22.0 Å². The maximum atomic E-state index is 12.3. The molecule has 1 amide bonds. The van der Waals surface area contributed by atoms with Crippen LogP contribution in [0.15, 0.2) is 29.2 Å². The third-order valence-corrected chi connectivity index (χ3v) is 4.44. The molecule has 0 radical (unpaired) electrons. The topological polar surface area (TPSA) is 75.3 Å². The van der Waals surface area contributed by atoms with Crippen LogP contribution in [0.25, 0.3) is 0 Å². The Morgan fingerprint density at radius 1 is 1.30 bits per heavy atom. The second kappa shape index (κ2) is 5.84. The molecule has 1 heterocycles. The number of alkyl halides is 2. The van der Waals surface area contributed by atoms with Crippen molar-refractivity contribution in [2.24, 2.45) is 5.92 Å². The zero-order valence-electron chi connectivity index (χ0n) is 10.5. The number of sulfone groups is 1. The molecule has 1 saturated heterocycles. The molecule has 2 rings (SSSR count). The molecule has 1 aromatic rings. The molecule has 8 heteroatoms. The van der Waals surface area contributed by atoms with Crippen LogP contribution in [0.1, 0.15) is 6.42 Å². The molecule has 20 heavy (non-hydrogen) atoms. The molecule has 0 aromatic heterocycles. The van der Waals surface area contributed by atoms with Gasteiger partial charge in [-0.1, -0.05) is 0 Å². The first kappa shape index (κ1) is 14.9. The van der Waals surface area contributed by atoms with Crippen LogP contribution in [-0.2, 0) is 14.6 Å². The monoisotopic (exact) mass is 304 g/mol. The fourth-order valence-electron chi connectivity index (χ4n) is 1.80. The van der Waals surface area contributed by atoms with E-state index in [1.807, 2.05) is 0 Å². The van der Waals surface area contributed by atoms with Gasteiger partial charge in [0, 0.05) is 12.1 Å². The lowest BCUT2D eigenvalue weighted by Crippen LogP contribution is -2.43. The summed E-state index contributed by atoms with van der Waals surface area (Å²) in [7, 11) is -4.59. The molecule has 1 aliphatic heterocycles. The minimum Gasteiger partial charge on any atom is -0.326 e. The molecule has 0 atom stereocenters. The summed E-state index contributed by atoms with van der Waals surface area (Å²) in [6.45, 7) is 1.61. The van der Waals surface area contributed by atoms with Gasteiger partial charge in [0.15, 0.2) is 0 Å². The van der Waals surface area contributed by atoms with Gasteiger partial charge < -0.3 is 10.6 Å². The van der Waals surface area contributed by atoms with Gasteiger partial charge in [-0.25, -0.2) is 8.42 Å². The van der Waals surface area contributed by atoms with Crippen molar-refractivity contribution < 1.29 is 22.0 Å². The second-order valence-electron chi connectivity index (χ2n) is 4.61. The summed E-state index contributed by atoms with van der Waals surface area (Å²) in [4.78, 5) is 11.2. The Balaban J connectivity index is 1.99. The van der Waals surface area contributed by atoms with Crippen molar-refractivity contribution in [2.45, 2.75) is 17.1 Å². The lowest BCUT2D eigenvalue weighted by atomic mass is 9.99. The molecule has 110 valence electrons. The fourth-order valence-corrected chi connectivity index (χ4v) is 2.52. The first-order valence-corrected chi connectivity index (χ1v) is 7.57. The predicted molar refractivity (Wildman–Crippen MR) is 69.2 cm³/mol. The van der Waals surface area contributed by atoms with E-state index in [2.05, 4.69) is 10.6 Å². The summed E-state index contributed by atoms with van der Waals surface area (Å²) >= 11 is 0. The van der Waals surface area contributed by atoms with E-state index in [4.69, 9.17) is 0 Å². The summed E-state index contributed by atoms with van der Waals surface area (Å²) in [5, 5.41) is 5.65. The second-order valence-corrected chi connectivity index (χ2v) is 6.52. The van der Waals surface area contributed by atoms with E-state index >= 15 is 0 Å². The third kappa shape index (κ3) is 3.31. The normalized spacial score (nSPS) is 15.9. The Bertz CT molecular complexity index is 583. The van der Waals surface area contributed by atoms with Crippen molar-refractivity contribution >= 4 is 21.4 Å². The number of carbonyl (C=O) groups is 1. The Kier molecular flexibility index (Phi) is 4.34. The largest absolute Gasteiger partial charge is 0.341 e. The van der Waals surface area contributed by atoms with Crippen molar-refractivity contribution in [3.8, 4) is 0 Å². The minimum atomic E-state index is -4.59. The fraction of sp³-hybridized carbons (Fsp3) is 0.417. The minimum absolute atomic E-state index is 0.180. The quantitative estimate of drug-likeness (QED) is 0.858. The van der Waals surface area contributed by atoms with E-state index in [1.165, 1.54) is 12.1 Å². The van der Waals surface area contributed by atoms with E-state index in [0.29, 0.717) is 18.0 Å². The van der Waals surface area contributed by atoms with E-state index in [0.717, 1.165) is 25.2 Å². The number of nitrogens with one attached hydrogen (secondary N) is 2. The molecule has 1 aromatic carbocycles. The first-order chi connectivity index (χ1) is 9.39. The number of rotatable bonds is 5. The highest BCUT2D eigenvalue weighted by Gasteiger charge is 2.26. The van der Waals surface area contributed by atoms with Crippen LogP contribution >= 0.6 is 0 Å². The zero-order chi connectivity index (χ0) is 14.8. The van der Waals surface area contributed by atoms with Gasteiger partial charge in [-0.05, 0) is 43.3 Å². The first-order valence-electron chi connectivity index (χ1n) is 6.02. The molecule has 0 unspecified atom stereocenters. The van der Waals surface area contributed by atoms with Gasteiger partial charge in [0.25, 0.3) is 0 Å². The number of carbonyl (C=O) groups excluding carboxylic acids is 1. The van der Waals surface area contributed by atoms with Crippen molar-refractivity contribution in [1.82, 2.24) is 5.32 Å². The van der Waals surface area contributed by atoms with Crippen molar-refractivity contribution in [2.75, 3.05) is 18.4 Å². The van der Waals surface area contributed by atoms with Crippen LogP contribution in [-0.4, -0.2) is 33.2 Å². The molecular formula is C12H14F2N2O3S. The van der Waals surface area contributed by atoms with Gasteiger partial charge in [-0.3, -0.25) is 4.79 Å². The summed E-state index contributed by atoms with van der Waals surface area (Å²) in [5.74, 6) is -3.32. The SMILES string of the molecule is O=C(CC1CNC1)Nc1ccc(S(=O)(=O)C(F)F)cc1. The highest BCUT2D eigenvalue weighted by Crippen LogP contribution is 2.20. The Labute approximate surface area is 115 Å². The van der Waals surface area contributed by atoms with Gasteiger partial charge in [0.1, 0.15) is 0 Å². The highest BCUT2D eigenvalue weighted by molar-refractivity contribution is 7.91.